The maximum atomic E-state index is 11.9. The highest BCUT2D eigenvalue weighted by atomic mass is 16.2. The summed E-state index contributed by atoms with van der Waals surface area (Å²) < 4.78 is 3.05. The summed E-state index contributed by atoms with van der Waals surface area (Å²) >= 11 is 0. The van der Waals surface area contributed by atoms with Crippen LogP contribution in [0.1, 0.15) is 6.92 Å². The average molecular weight is 238 g/mol. The molecular weight excluding hydrogens is 220 g/mol. The SMILES string of the molecule is CCn1ccn(CC(=O)N2CCNCC2)c1=O. The first-order valence-electron chi connectivity index (χ1n) is 5.96. The second-order valence-electron chi connectivity index (χ2n) is 4.13. The van der Waals surface area contributed by atoms with Gasteiger partial charge in [-0.15, -0.1) is 0 Å². The molecule has 0 atom stereocenters. The molecular formula is C11H18N4O2. The fraction of sp³-hybridized carbons (Fsp3) is 0.636. The zero-order chi connectivity index (χ0) is 12.3. The number of piperazine rings is 1. The number of aromatic nitrogens is 2. The second kappa shape index (κ2) is 5.18. The van der Waals surface area contributed by atoms with Gasteiger partial charge in [0.15, 0.2) is 0 Å². The maximum Gasteiger partial charge on any atom is 0.328 e. The standard InChI is InChI=1S/C11H18N4O2/c1-2-13-7-8-15(11(13)17)9-10(16)14-5-3-12-4-6-14/h7-8,12H,2-6,9H2,1H3. The van der Waals surface area contributed by atoms with Crippen LogP contribution in [-0.2, 0) is 17.9 Å². The Hall–Kier alpha value is -1.56. The van der Waals surface area contributed by atoms with Gasteiger partial charge in [-0.05, 0) is 6.92 Å². The van der Waals surface area contributed by atoms with Gasteiger partial charge in [-0.2, -0.15) is 0 Å². The van der Waals surface area contributed by atoms with Crippen LogP contribution >= 0.6 is 0 Å². The third-order valence-electron chi connectivity index (χ3n) is 3.03. The molecule has 6 nitrogen and oxygen atoms in total. The molecule has 0 aromatic carbocycles. The maximum absolute atomic E-state index is 11.9. The van der Waals surface area contributed by atoms with Crippen LogP contribution in [0.4, 0.5) is 0 Å². The largest absolute Gasteiger partial charge is 0.339 e. The van der Waals surface area contributed by atoms with Gasteiger partial charge in [0.25, 0.3) is 0 Å². The first-order chi connectivity index (χ1) is 8.22. The number of imidazole rings is 1. The molecule has 1 amide bonds. The highest BCUT2D eigenvalue weighted by Crippen LogP contribution is 1.96. The van der Waals surface area contributed by atoms with Crippen molar-refractivity contribution in [1.82, 2.24) is 19.4 Å². The zero-order valence-electron chi connectivity index (χ0n) is 10.1. The molecule has 0 aliphatic carbocycles. The Bertz CT molecular complexity index is 443. The topological polar surface area (TPSA) is 59.3 Å². The molecule has 17 heavy (non-hydrogen) atoms. The quantitative estimate of drug-likeness (QED) is 0.742. The van der Waals surface area contributed by atoms with Gasteiger partial charge in [-0.1, -0.05) is 0 Å². The molecule has 1 fully saturated rings. The Labute approximate surface area is 99.8 Å². The van der Waals surface area contributed by atoms with E-state index >= 15 is 0 Å². The molecule has 1 aromatic rings. The van der Waals surface area contributed by atoms with Gasteiger partial charge in [0.05, 0.1) is 0 Å². The summed E-state index contributed by atoms with van der Waals surface area (Å²) in [5.74, 6) is 0.0162. The van der Waals surface area contributed by atoms with Crippen LogP contribution in [-0.4, -0.2) is 46.1 Å². The molecule has 1 aromatic heterocycles. The first-order valence-corrected chi connectivity index (χ1v) is 5.96. The summed E-state index contributed by atoms with van der Waals surface area (Å²) in [6, 6.07) is 0. The van der Waals surface area contributed by atoms with Gasteiger partial charge in [0.1, 0.15) is 6.54 Å². The van der Waals surface area contributed by atoms with Crippen LogP contribution in [0.15, 0.2) is 17.2 Å². The summed E-state index contributed by atoms with van der Waals surface area (Å²) in [6.07, 6.45) is 3.39. The number of carbonyl (C=O) groups excluding carboxylic acids is 1. The number of nitrogens with one attached hydrogen (secondary N) is 1. The summed E-state index contributed by atoms with van der Waals surface area (Å²) in [7, 11) is 0. The van der Waals surface area contributed by atoms with E-state index in [1.807, 2.05) is 6.92 Å². The molecule has 0 bridgehead atoms. The molecule has 2 heterocycles. The Morgan fingerprint density at radius 3 is 2.53 bits per heavy atom. The lowest BCUT2D eigenvalue weighted by molar-refractivity contribution is -0.132. The molecule has 94 valence electrons. The summed E-state index contributed by atoms with van der Waals surface area (Å²) in [6.45, 7) is 5.79. The zero-order valence-corrected chi connectivity index (χ0v) is 10.1. The van der Waals surface area contributed by atoms with Crippen LogP contribution in [0, 0.1) is 0 Å². The number of amides is 1. The Morgan fingerprint density at radius 1 is 1.29 bits per heavy atom. The van der Waals surface area contributed by atoms with Crippen LogP contribution in [0.3, 0.4) is 0 Å². The van der Waals surface area contributed by atoms with Crippen molar-refractivity contribution in [3.05, 3.63) is 22.9 Å². The van der Waals surface area contributed by atoms with Crippen LogP contribution in [0.25, 0.3) is 0 Å². The second-order valence-corrected chi connectivity index (χ2v) is 4.13. The Balaban J connectivity index is 2.02. The summed E-state index contributed by atoms with van der Waals surface area (Å²) in [5, 5.41) is 3.19. The first kappa shape index (κ1) is 11.9. The lowest BCUT2D eigenvalue weighted by Crippen LogP contribution is -2.48. The van der Waals surface area contributed by atoms with Crippen molar-refractivity contribution in [2.45, 2.75) is 20.0 Å². The number of aryl methyl sites for hydroxylation is 1. The number of carbonyl (C=O) groups is 1. The molecule has 1 aliphatic rings. The van der Waals surface area contributed by atoms with Crippen molar-refractivity contribution < 1.29 is 4.79 Å². The normalized spacial score (nSPS) is 16.2. The summed E-state index contributed by atoms with van der Waals surface area (Å²) in [5.41, 5.74) is -0.115. The van der Waals surface area contributed by atoms with E-state index in [9.17, 15) is 9.59 Å². The smallest absolute Gasteiger partial charge is 0.328 e. The number of hydrogen-bond donors (Lipinski definition) is 1. The van der Waals surface area contributed by atoms with Crippen molar-refractivity contribution in [2.24, 2.45) is 0 Å². The van der Waals surface area contributed by atoms with E-state index in [1.165, 1.54) is 4.57 Å². The van der Waals surface area contributed by atoms with Gasteiger partial charge in [-0.25, -0.2) is 4.79 Å². The molecule has 0 spiro atoms. The lowest BCUT2D eigenvalue weighted by atomic mass is 10.3. The third kappa shape index (κ3) is 2.58. The minimum Gasteiger partial charge on any atom is -0.339 e. The van der Waals surface area contributed by atoms with Crippen LogP contribution in [0.2, 0.25) is 0 Å². The van der Waals surface area contributed by atoms with Crippen molar-refractivity contribution in [3.8, 4) is 0 Å². The third-order valence-corrected chi connectivity index (χ3v) is 3.03. The number of rotatable bonds is 3. The minimum absolute atomic E-state index is 0.0162. The van der Waals surface area contributed by atoms with E-state index in [0.29, 0.717) is 6.54 Å². The van der Waals surface area contributed by atoms with Gasteiger partial charge in [-0.3, -0.25) is 13.9 Å². The predicted octanol–water partition coefficient (Wildman–Crippen LogP) is -0.898. The van der Waals surface area contributed by atoms with Gasteiger partial charge in [0.2, 0.25) is 5.91 Å². The van der Waals surface area contributed by atoms with Crippen molar-refractivity contribution >= 4 is 5.91 Å². The van der Waals surface area contributed by atoms with Crippen molar-refractivity contribution in [3.63, 3.8) is 0 Å². The molecule has 1 aliphatic heterocycles. The van der Waals surface area contributed by atoms with Crippen LogP contribution < -0.4 is 11.0 Å². The van der Waals surface area contributed by atoms with Crippen molar-refractivity contribution in [1.29, 1.82) is 0 Å². The lowest BCUT2D eigenvalue weighted by Gasteiger charge is -2.27. The highest BCUT2D eigenvalue weighted by molar-refractivity contribution is 5.76. The van der Waals surface area contributed by atoms with Gasteiger partial charge >= 0.3 is 5.69 Å². The molecule has 0 saturated carbocycles. The van der Waals surface area contributed by atoms with E-state index < -0.39 is 0 Å². The highest BCUT2D eigenvalue weighted by Gasteiger charge is 2.17. The van der Waals surface area contributed by atoms with E-state index in [0.717, 1.165) is 26.2 Å². The van der Waals surface area contributed by atoms with Gasteiger partial charge < -0.3 is 10.2 Å². The monoisotopic (exact) mass is 238 g/mol. The minimum atomic E-state index is -0.115. The summed E-state index contributed by atoms with van der Waals surface area (Å²) in [4.78, 5) is 25.5. The van der Waals surface area contributed by atoms with Crippen molar-refractivity contribution in [2.75, 3.05) is 26.2 Å². The Morgan fingerprint density at radius 2 is 1.94 bits per heavy atom. The fourth-order valence-corrected chi connectivity index (χ4v) is 1.97. The fourth-order valence-electron chi connectivity index (χ4n) is 1.97. The number of hydrogen-bond acceptors (Lipinski definition) is 3. The molecule has 0 unspecified atom stereocenters. The Kier molecular flexibility index (Phi) is 3.63. The molecule has 2 rings (SSSR count). The number of nitrogens with zero attached hydrogens (tertiary/aromatic N) is 3. The molecule has 6 heteroatoms. The van der Waals surface area contributed by atoms with E-state index in [2.05, 4.69) is 5.32 Å². The van der Waals surface area contributed by atoms with E-state index in [-0.39, 0.29) is 18.1 Å². The predicted molar refractivity (Wildman–Crippen MR) is 63.8 cm³/mol. The van der Waals surface area contributed by atoms with E-state index in [4.69, 9.17) is 0 Å². The molecule has 0 radical (unpaired) electrons. The van der Waals surface area contributed by atoms with Gasteiger partial charge in [0, 0.05) is 45.1 Å². The molecule has 1 saturated heterocycles. The van der Waals surface area contributed by atoms with E-state index in [1.54, 1.807) is 21.9 Å². The average Bonchev–Trinajstić information content (AvgIpc) is 2.71. The molecule has 1 N–H and O–H groups in total. The van der Waals surface area contributed by atoms with Crippen LogP contribution in [0.5, 0.6) is 0 Å².